The van der Waals surface area contributed by atoms with Crippen LogP contribution in [0.15, 0.2) is 0 Å². The van der Waals surface area contributed by atoms with Crippen LogP contribution < -0.4 is 0 Å². The molecule has 74 valence electrons. The lowest BCUT2D eigenvalue weighted by Crippen LogP contribution is -2.23. The maximum absolute atomic E-state index is 5.50. The summed E-state index contributed by atoms with van der Waals surface area (Å²) < 4.78 is 5.50. The van der Waals surface area contributed by atoms with Crippen molar-refractivity contribution in [2.24, 2.45) is 5.92 Å². The second-order valence-corrected chi connectivity index (χ2v) is 3.74. The van der Waals surface area contributed by atoms with Crippen molar-refractivity contribution < 1.29 is 4.74 Å². The molecule has 0 bridgehead atoms. The van der Waals surface area contributed by atoms with E-state index in [0.717, 1.165) is 12.5 Å². The molecular weight excluding hydrogens is 148 g/mol. The van der Waals surface area contributed by atoms with Gasteiger partial charge in [0.2, 0.25) is 0 Å². The number of hydrogen-bond acceptors (Lipinski definition) is 1. The topological polar surface area (TPSA) is 9.23 Å². The number of hydrogen-bond donors (Lipinski definition) is 0. The van der Waals surface area contributed by atoms with Gasteiger partial charge in [0.05, 0.1) is 6.10 Å². The van der Waals surface area contributed by atoms with Crippen LogP contribution in [0.25, 0.3) is 0 Å². The molecule has 0 N–H and O–H groups in total. The van der Waals surface area contributed by atoms with E-state index in [4.69, 9.17) is 4.74 Å². The maximum Gasteiger partial charge on any atom is 0.0575 e. The molecule has 0 aromatic carbocycles. The number of rotatable bonds is 1. The third-order valence-corrected chi connectivity index (χ3v) is 2.08. The van der Waals surface area contributed by atoms with Gasteiger partial charge in [-0.15, -0.1) is 0 Å². The van der Waals surface area contributed by atoms with E-state index in [1.54, 1.807) is 0 Å². The molecular formula is C11H24O. The van der Waals surface area contributed by atoms with Gasteiger partial charge >= 0.3 is 0 Å². The molecule has 0 aromatic rings. The summed E-state index contributed by atoms with van der Waals surface area (Å²) in [5, 5.41) is 0. The highest BCUT2D eigenvalue weighted by Gasteiger charge is 2.16. The highest BCUT2D eigenvalue weighted by Crippen LogP contribution is 2.20. The predicted octanol–water partition coefficient (Wildman–Crippen LogP) is 3.63. The molecule has 0 aromatic heterocycles. The van der Waals surface area contributed by atoms with Gasteiger partial charge in [0.15, 0.2) is 0 Å². The molecule has 0 spiro atoms. The first-order valence-corrected chi connectivity index (χ1v) is 5.36. The normalized spacial score (nSPS) is 29.0. The highest BCUT2D eigenvalue weighted by molar-refractivity contribution is 4.66. The van der Waals surface area contributed by atoms with Crippen LogP contribution in [-0.4, -0.2) is 12.7 Å². The Labute approximate surface area is 77.5 Å². The van der Waals surface area contributed by atoms with E-state index in [2.05, 4.69) is 27.7 Å². The summed E-state index contributed by atoms with van der Waals surface area (Å²) >= 11 is 0. The van der Waals surface area contributed by atoms with Crippen molar-refractivity contribution >= 4 is 0 Å². The van der Waals surface area contributed by atoms with E-state index in [1.165, 1.54) is 25.7 Å². The number of ether oxygens (including phenoxy) is 1. The maximum atomic E-state index is 5.50. The SMILES string of the molecule is CCC.CCC1CC(C)CCO1. The molecule has 1 nitrogen and oxygen atoms in total. The average Bonchev–Trinajstić information content (AvgIpc) is 2.06. The largest absolute Gasteiger partial charge is 0.378 e. The fourth-order valence-corrected chi connectivity index (χ4v) is 1.36. The van der Waals surface area contributed by atoms with E-state index in [9.17, 15) is 0 Å². The third kappa shape index (κ3) is 5.59. The van der Waals surface area contributed by atoms with Crippen molar-refractivity contribution in [2.45, 2.75) is 59.5 Å². The van der Waals surface area contributed by atoms with E-state index >= 15 is 0 Å². The molecule has 1 fully saturated rings. The van der Waals surface area contributed by atoms with Crippen molar-refractivity contribution in [2.75, 3.05) is 6.61 Å². The summed E-state index contributed by atoms with van der Waals surface area (Å²) in [4.78, 5) is 0. The molecule has 1 saturated heterocycles. The summed E-state index contributed by atoms with van der Waals surface area (Å²) in [6.07, 6.45) is 5.53. The van der Waals surface area contributed by atoms with Crippen LogP contribution in [0.5, 0.6) is 0 Å². The Morgan fingerprint density at radius 1 is 1.25 bits per heavy atom. The molecule has 1 rings (SSSR count). The predicted molar refractivity (Wildman–Crippen MR) is 54.4 cm³/mol. The molecule has 0 radical (unpaired) electrons. The Kier molecular flexibility index (Phi) is 7.58. The van der Waals surface area contributed by atoms with Gasteiger partial charge in [0.1, 0.15) is 0 Å². The fraction of sp³-hybridized carbons (Fsp3) is 1.00. The van der Waals surface area contributed by atoms with Gasteiger partial charge in [0.25, 0.3) is 0 Å². The van der Waals surface area contributed by atoms with Crippen LogP contribution >= 0.6 is 0 Å². The van der Waals surface area contributed by atoms with Crippen molar-refractivity contribution in [3.8, 4) is 0 Å². The Balaban J connectivity index is 0.000000354. The van der Waals surface area contributed by atoms with Crippen LogP contribution in [0.2, 0.25) is 0 Å². The van der Waals surface area contributed by atoms with E-state index < -0.39 is 0 Å². The Bertz CT molecular complexity index is 91.0. The second-order valence-electron chi connectivity index (χ2n) is 3.74. The van der Waals surface area contributed by atoms with Crippen molar-refractivity contribution in [3.63, 3.8) is 0 Å². The van der Waals surface area contributed by atoms with Crippen molar-refractivity contribution in [1.82, 2.24) is 0 Å². The Morgan fingerprint density at radius 3 is 2.17 bits per heavy atom. The third-order valence-electron chi connectivity index (χ3n) is 2.08. The van der Waals surface area contributed by atoms with Gasteiger partial charge in [-0.25, -0.2) is 0 Å². The summed E-state index contributed by atoms with van der Waals surface area (Å²) in [6.45, 7) is 9.74. The standard InChI is InChI=1S/C8H16O.C3H8/c1-3-8-6-7(2)4-5-9-8;1-3-2/h7-8H,3-6H2,1-2H3;3H2,1-2H3. The first-order chi connectivity index (χ1) is 5.74. The van der Waals surface area contributed by atoms with Crippen LogP contribution in [0.3, 0.4) is 0 Å². The minimum atomic E-state index is 0.564. The molecule has 12 heavy (non-hydrogen) atoms. The average molecular weight is 172 g/mol. The zero-order valence-electron chi connectivity index (χ0n) is 9.10. The monoisotopic (exact) mass is 172 g/mol. The molecule has 2 atom stereocenters. The quantitative estimate of drug-likeness (QED) is 0.587. The van der Waals surface area contributed by atoms with Gasteiger partial charge in [-0.1, -0.05) is 34.1 Å². The van der Waals surface area contributed by atoms with Gasteiger partial charge in [-0.2, -0.15) is 0 Å². The molecule has 1 heteroatoms. The van der Waals surface area contributed by atoms with Gasteiger partial charge in [-0.05, 0) is 25.2 Å². The van der Waals surface area contributed by atoms with Crippen LogP contribution in [-0.2, 0) is 4.74 Å². The smallest absolute Gasteiger partial charge is 0.0575 e. The molecule has 1 heterocycles. The second kappa shape index (κ2) is 7.60. The lowest BCUT2D eigenvalue weighted by molar-refractivity contribution is -0.00644. The van der Waals surface area contributed by atoms with E-state index in [0.29, 0.717) is 6.10 Å². The van der Waals surface area contributed by atoms with Crippen LogP contribution in [0.1, 0.15) is 53.4 Å². The van der Waals surface area contributed by atoms with Crippen LogP contribution in [0.4, 0.5) is 0 Å². The van der Waals surface area contributed by atoms with E-state index in [1.807, 2.05) is 0 Å². The van der Waals surface area contributed by atoms with E-state index in [-0.39, 0.29) is 0 Å². The molecule has 1 aliphatic heterocycles. The highest BCUT2D eigenvalue weighted by atomic mass is 16.5. The lowest BCUT2D eigenvalue weighted by atomic mass is 9.97. The van der Waals surface area contributed by atoms with Crippen molar-refractivity contribution in [3.05, 3.63) is 0 Å². The first-order valence-electron chi connectivity index (χ1n) is 5.36. The summed E-state index contributed by atoms with van der Waals surface area (Å²) in [7, 11) is 0. The zero-order valence-corrected chi connectivity index (χ0v) is 9.10. The Morgan fingerprint density at radius 2 is 1.83 bits per heavy atom. The van der Waals surface area contributed by atoms with Crippen LogP contribution in [0, 0.1) is 5.92 Å². The summed E-state index contributed by atoms with van der Waals surface area (Å²) in [5.41, 5.74) is 0. The Hall–Kier alpha value is -0.0400. The summed E-state index contributed by atoms with van der Waals surface area (Å²) in [6, 6.07) is 0. The first kappa shape index (κ1) is 12.0. The molecule has 1 aliphatic rings. The summed E-state index contributed by atoms with van der Waals surface area (Å²) in [5.74, 6) is 0.892. The minimum absolute atomic E-state index is 0.564. The lowest BCUT2D eigenvalue weighted by Gasteiger charge is -2.26. The fourth-order valence-electron chi connectivity index (χ4n) is 1.36. The van der Waals surface area contributed by atoms with Crippen molar-refractivity contribution in [1.29, 1.82) is 0 Å². The molecule has 0 aliphatic carbocycles. The van der Waals surface area contributed by atoms with Gasteiger partial charge < -0.3 is 4.74 Å². The van der Waals surface area contributed by atoms with Gasteiger partial charge in [-0.3, -0.25) is 0 Å². The zero-order chi connectivity index (χ0) is 9.40. The van der Waals surface area contributed by atoms with Gasteiger partial charge in [0, 0.05) is 6.61 Å². The molecule has 0 saturated carbocycles. The molecule has 0 amide bonds. The molecule has 2 unspecified atom stereocenters. The minimum Gasteiger partial charge on any atom is -0.378 e.